The van der Waals surface area contributed by atoms with Gasteiger partial charge in [0.25, 0.3) is 0 Å². The van der Waals surface area contributed by atoms with Crippen LogP contribution in [0.3, 0.4) is 0 Å². The number of nitrogens with one attached hydrogen (secondary N) is 2. The average molecular weight is 438 g/mol. The summed E-state index contributed by atoms with van der Waals surface area (Å²) in [7, 11) is 0. The Labute approximate surface area is 187 Å². The number of rotatable bonds is 7. The minimum atomic E-state index is -0.689. The van der Waals surface area contributed by atoms with Gasteiger partial charge in [0.2, 0.25) is 17.7 Å². The Bertz CT molecular complexity index is 923. The number of carbonyl (C=O) groups excluding carboxylic acids is 3. The molecule has 0 spiro atoms. The van der Waals surface area contributed by atoms with Crippen molar-refractivity contribution in [3.63, 3.8) is 0 Å². The number of thioether (sulfide) groups is 1. The zero-order valence-electron chi connectivity index (χ0n) is 17.5. The van der Waals surface area contributed by atoms with Gasteiger partial charge in [-0.05, 0) is 36.3 Å². The van der Waals surface area contributed by atoms with E-state index in [0.717, 1.165) is 35.7 Å². The van der Waals surface area contributed by atoms with Gasteiger partial charge in [-0.2, -0.15) is 11.8 Å². The van der Waals surface area contributed by atoms with Crippen molar-refractivity contribution in [3.8, 4) is 0 Å². The second-order valence-electron chi connectivity index (χ2n) is 7.33. The number of hydrogen-bond donors (Lipinski definition) is 2. The standard InChI is InChI=1S/C24H27N3O3S/c1-18(25-22(28)12-9-19-5-3-2-4-6-19)24(30)26-21-10-7-20(8-11-21)17-23(29)27-13-15-31-16-14-27/h2-12,18H,13-17H2,1H3,(H,25,28)(H,26,30)/b12-9+. The van der Waals surface area contributed by atoms with Gasteiger partial charge in [-0.25, -0.2) is 0 Å². The zero-order valence-corrected chi connectivity index (χ0v) is 18.4. The Balaban J connectivity index is 1.46. The Hall–Kier alpha value is -3.06. The van der Waals surface area contributed by atoms with E-state index in [2.05, 4.69) is 10.6 Å². The van der Waals surface area contributed by atoms with E-state index >= 15 is 0 Å². The first-order valence-electron chi connectivity index (χ1n) is 10.3. The topological polar surface area (TPSA) is 78.5 Å². The molecule has 1 aliphatic heterocycles. The van der Waals surface area contributed by atoms with Gasteiger partial charge in [-0.1, -0.05) is 42.5 Å². The molecule has 2 N–H and O–H groups in total. The quantitative estimate of drug-likeness (QED) is 0.653. The first kappa shape index (κ1) is 22.6. The molecule has 3 rings (SSSR count). The molecular weight excluding hydrogens is 410 g/mol. The molecule has 3 amide bonds. The lowest BCUT2D eigenvalue weighted by Gasteiger charge is -2.26. The molecule has 0 saturated carbocycles. The van der Waals surface area contributed by atoms with Crippen LogP contribution in [0.15, 0.2) is 60.7 Å². The maximum Gasteiger partial charge on any atom is 0.246 e. The van der Waals surface area contributed by atoms with Crippen LogP contribution >= 0.6 is 11.8 Å². The summed E-state index contributed by atoms with van der Waals surface area (Å²) < 4.78 is 0. The fraction of sp³-hybridized carbons (Fsp3) is 0.292. The van der Waals surface area contributed by atoms with Crippen LogP contribution in [-0.4, -0.2) is 53.3 Å². The summed E-state index contributed by atoms with van der Waals surface area (Å²) in [4.78, 5) is 38.7. The van der Waals surface area contributed by atoms with E-state index in [9.17, 15) is 14.4 Å². The van der Waals surface area contributed by atoms with Crippen molar-refractivity contribution < 1.29 is 14.4 Å². The van der Waals surface area contributed by atoms with Crippen LogP contribution in [0.25, 0.3) is 6.08 Å². The number of nitrogens with zero attached hydrogens (tertiary/aromatic N) is 1. The number of hydrogen-bond acceptors (Lipinski definition) is 4. The first-order valence-corrected chi connectivity index (χ1v) is 11.5. The minimum Gasteiger partial charge on any atom is -0.341 e. The Morgan fingerprint density at radius 3 is 2.39 bits per heavy atom. The third-order valence-corrected chi connectivity index (χ3v) is 5.86. The van der Waals surface area contributed by atoms with Crippen molar-refractivity contribution in [1.82, 2.24) is 10.2 Å². The third-order valence-electron chi connectivity index (χ3n) is 4.92. The maximum absolute atomic E-state index is 12.4. The van der Waals surface area contributed by atoms with E-state index in [1.807, 2.05) is 59.1 Å². The number of amides is 3. The monoisotopic (exact) mass is 437 g/mol. The van der Waals surface area contributed by atoms with Gasteiger partial charge in [0.15, 0.2) is 0 Å². The molecular formula is C24H27N3O3S. The molecule has 1 heterocycles. The van der Waals surface area contributed by atoms with Crippen LogP contribution in [0.5, 0.6) is 0 Å². The van der Waals surface area contributed by atoms with E-state index in [1.54, 1.807) is 25.1 Å². The van der Waals surface area contributed by atoms with Crippen molar-refractivity contribution in [2.45, 2.75) is 19.4 Å². The highest BCUT2D eigenvalue weighted by Crippen LogP contribution is 2.14. The summed E-state index contributed by atoms with van der Waals surface area (Å²) in [6.45, 7) is 3.25. The van der Waals surface area contributed by atoms with Crippen LogP contribution in [0.1, 0.15) is 18.1 Å². The second-order valence-corrected chi connectivity index (χ2v) is 8.56. The normalized spacial score (nSPS) is 14.8. The molecule has 1 fully saturated rings. The molecule has 0 aromatic heterocycles. The summed E-state index contributed by atoms with van der Waals surface area (Å²) >= 11 is 1.87. The molecule has 0 aliphatic carbocycles. The lowest BCUT2D eigenvalue weighted by atomic mass is 10.1. The zero-order chi connectivity index (χ0) is 22.1. The molecule has 31 heavy (non-hydrogen) atoms. The van der Waals surface area contributed by atoms with Crippen molar-refractivity contribution in [1.29, 1.82) is 0 Å². The van der Waals surface area contributed by atoms with Crippen LogP contribution in [0, 0.1) is 0 Å². The first-order chi connectivity index (χ1) is 15.0. The fourth-order valence-electron chi connectivity index (χ4n) is 3.12. The molecule has 2 aromatic rings. The number of carbonyl (C=O) groups is 3. The molecule has 6 nitrogen and oxygen atoms in total. The smallest absolute Gasteiger partial charge is 0.246 e. The molecule has 162 valence electrons. The van der Waals surface area contributed by atoms with Gasteiger partial charge in [0.1, 0.15) is 6.04 Å². The molecule has 7 heteroatoms. The van der Waals surface area contributed by atoms with Crippen molar-refractivity contribution in [2.24, 2.45) is 0 Å². The van der Waals surface area contributed by atoms with Gasteiger partial charge >= 0.3 is 0 Å². The summed E-state index contributed by atoms with van der Waals surface area (Å²) in [6, 6.07) is 16.0. The van der Waals surface area contributed by atoms with Crippen molar-refractivity contribution in [3.05, 3.63) is 71.8 Å². The summed E-state index contributed by atoms with van der Waals surface area (Å²) in [5.41, 5.74) is 2.44. The van der Waals surface area contributed by atoms with Gasteiger partial charge < -0.3 is 15.5 Å². The Morgan fingerprint density at radius 1 is 1.03 bits per heavy atom. The maximum atomic E-state index is 12.4. The lowest BCUT2D eigenvalue weighted by molar-refractivity contribution is -0.130. The van der Waals surface area contributed by atoms with E-state index in [1.165, 1.54) is 6.08 Å². The van der Waals surface area contributed by atoms with E-state index < -0.39 is 6.04 Å². The average Bonchev–Trinajstić information content (AvgIpc) is 2.80. The Morgan fingerprint density at radius 2 is 1.71 bits per heavy atom. The Kier molecular flexibility index (Phi) is 8.29. The summed E-state index contributed by atoms with van der Waals surface area (Å²) in [6.07, 6.45) is 3.47. The van der Waals surface area contributed by atoms with Gasteiger partial charge in [-0.15, -0.1) is 0 Å². The molecule has 1 unspecified atom stereocenters. The van der Waals surface area contributed by atoms with Crippen LogP contribution in [0.2, 0.25) is 0 Å². The highest BCUT2D eigenvalue weighted by atomic mass is 32.2. The van der Waals surface area contributed by atoms with E-state index in [0.29, 0.717) is 12.1 Å². The highest BCUT2D eigenvalue weighted by Gasteiger charge is 2.17. The van der Waals surface area contributed by atoms with Gasteiger partial charge in [-0.3, -0.25) is 14.4 Å². The minimum absolute atomic E-state index is 0.136. The number of benzene rings is 2. The molecule has 2 aromatic carbocycles. The van der Waals surface area contributed by atoms with Crippen molar-refractivity contribution >= 4 is 41.2 Å². The second kappa shape index (κ2) is 11.4. The molecule has 1 aliphatic rings. The van der Waals surface area contributed by atoms with Crippen LogP contribution < -0.4 is 10.6 Å². The largest absolute Gasteiger partial charge is 0.341 e. The molecule has 1 atom stereocenters. The SMILES string of the molecule is CC(NC(=O)/C=C/c1ccccc1)C(=O)Nc1ccc(CC(=O)N2CCSCC2)cc1. The van der Waals surface area contributed by atoms with E-state index in [-0.39, 0.29) is 17.7 Å². The molecule has 0 bridgehead atoms. The lowest BCUT2D eigenvalue weighted by Crippen LogP contribution is -2.40. The number of anilines is 1. The van der Waals surface area contributed by atoms with Gasteiger partial charge in [0.05, 0.1) is 6.42 Å². The molecule has 0 radical (unpaired) electrons. The molecule has 1 saturated heterocycles. The third kappa shape index (κ3) is 7.29. The fourth-order valence-corrected chi connectivity index (χ4v) is 4.02. The predicted octanol–water partition coefficient (Wildman–Crippen LogP) is 2.96. The predicted molar refractivity (Wildman–Crippen MR) is 126 cm³/mol. The van der Waals surface area contributed by atoms with Gasteiger partial charge in [0, 0.05) is 36.4 Å². The van der Waals surface area contributed by atoms with Crippen LogP contribution in [0.4, 0.5) is 5.69 Å². The van der Waals surface area contributed by atoms with E-state index in [4.69, 9.17) is 0 Å². The van der Waals surface area contributed by atoms with Crippen molar-refractivity contribution in [2.75, 3.05) is 29.9 Å². The summed E-state index contributed by atoms with van der Waals surface area (Å²) in [5.74, 6) is 1.48. The summed E-state index contributed by atoms with van der Waals surface area (Å²) in [5, 5.41) is 5.44. The van der Waals surface area contributed by atoms with Crippen LogP contribution in [-0.2, 0) is 20.8 Å². The highest BCUT2D eigenvalue weighted by molar-refractivity contribution is 7.99.